The van der Waals surface area contributed by atoms with Crippen LogP contribution in [-0.2, 0) is 4.79 Å². The van der Waals surface area contributed by atoms with Crippen molar-refractivity contribution in [3.63, 3.8) is 0 Å². The molecule has 2 saturated heterocycles. The van der Waals surface area contributed by atoms with Gasteiger partial charge in [0.25, 0.3) is 0 Å². The second-order valence-electron chi connectivity index (χ2n) is 6.49. The normalized spacial score (nSPS) is 23.0. The molecule has 8 heteroatoms. The lowest BCUT2D eigenvalue weighted by molar-refractivity contribution is -0.187. The third kappa shape index (κ3) is 10.3. The summed E-state index contributed by atoms with van der Waals surface area (Å²) in [4.78, 5) is 11.7. The minimum Gasteiger partial charge on any atom is -0.396 e. The number of hydrogen-bond donors (Lipinski definition) is 3. The van der Waals surface area contributed by atoms with E-state index in [2.05, 4.69) is 5.32 Å². The Bertz CT molecular complexity index is 357. The Labute approximate surface area is 156 Å². The largest absolute Gasteiger partial charge is 0.471 e. The third-order valence-electron chi connectivity index (χ3n) is 4.52. The first kappa shape index (κ1) is 27.4. The predicted octanol–water partition coefficient (Wildman–Crippen LogP) is 2.81. The highest BCUT2D eigenvalue weighted by molar-refractivity contribution is 5.81. The third-order valence-corrected chi connectivity index (χ3v) is 4.52. The SMILES string of the molecule is C.C.O=C(N1CCC[C@@H](CCO)C1)C(F)(F)F.OCC[C@@H]1CCCNC1. The second kappa shape index (κ2) is 14.2. The predicted molar refractivity (Wildman–Crippen MR) is 97.8 cm³/mol. The number of aliphatic hydroxyl groups is 2. The van der Waals surface area contributed by atoms with Crippen molar-refractivity contribution in [3.8, 4) is 0 Å². The van der Waals surface area contributed by atoms with Crippen LogP contribution in [0.1, 0.15) is 53.4 Å². The Morgan fingerprint density at radius 3 is 2.12 bits per heavy atom. The van der Waals surface area contributed by atoms with Gasteiger partial charge in [-0.15, -0.1) is 0 Å². The molecule has 0 radical (unpaired) electrons. The molecule has 2 fully saturated rings. The van der Waals surface area contributed by atoms with Crippen molar-refractivity contribution in [2.75, 3.05) is 39.4 Å². The van der Waals surface area contributed by atoms with Gasteiger partial charge in [0.05, 0.1) is 0 Å². The van der Waals surface area contributed by atoms with Gasteiger partial charge in [-0.1, -0.05) is 14.9 Å². The fourth-order valence-electron chi connectivity index (χ4n) is 3.20. The Hall–Kier alpha value is -0.860. The van der Waals surface area contributed by atoms with Crippen LogP contribution in [0, 0.1) is 11.8 Å². The van der Waals surface area contributed by atoms with Crippen LogP contribution in [0.15, 0.2) is 0 Å². The first-order valence-corrected chi connectivity index (χ1v) is 8.67. The van der Waals surface area contributed by atoms with E-state index in [1.165, 1.54) is 19.4 Å². The van der Waals surface area contributed by atoms with Gasteiger partial charge >= 0.3 is 12.1 Å². The summed E-state index contributed by atoms with van der Waals surface area (Å²) in [5.41, 5.74) is 0. The van der Waals surface area contributed by atoms with Gasteiger partial charge in [-0.25, -0.2) is 0 Å². The molecule has 1 amide bonds. The van der Waals surface area contributed by atoms with Crippen molar-refractivity contribution < 1.29 is 28.2 Å². The average molecular weight is 386 g/mol. The van der Waals surface area contributed by atoms with Crippen molar-refractivity contribution in [1.82, 2.24) is 10.2 Å². The summed E-state index contributed by atoms with van der Waals surface area (Å²) in [7, 11) is 0. The highest BCUT2D eigenvalue weighted by Crippen LogP contribution is 2.24. The van der Waals surface area contributed by atoms with Crippen LogP contribution < -0.4 is 5.32 Å². The number of likely N-dealkylation sites (tertiary alicyclic amines) is 1. The Balaban J connectivity index is 0. The highest BCUT2D eigenvalue weighted by Gasteiger charge is 2.43. The van der Waals surface area contributed by atoms with Gasteiger partial charge in [0.2, 0.25) is 0 Å². The summed E-state index contributed by atoms with van der Waals surface area (Å²) >= 11 is 0. The number of rotatable bonds is 4. The summed E-state index contributed by atoms with van der Waals surface area (Å²) in [6, 6.07) is 0. The minimum absolute atomic E-state index is 0. The van der Waals surface area contributed by atoms with Crippen molar-refractivity contribution in [2.45, 2.75) is 59.6 Å². The number of aliphatic hydroxyl groups excluding tert-OH is 2. The molecule has 26 heavy (non-hydrogen) atoms. The van der Waals surface area contributed by atoms with Gasteiger partial charge in [0.15, 0.2) is 0 Å². The van der Waals surface area contributed by atoms with Crippen LogP contribution in [0.5, 0.6) is 0 Å². The smallest absolute Gasteiger partial charge is 0.396 e. The first-order valence-electron chi connectivity index (χ1n) is 8.67. The zero-order chi connectivity index (χ0) is 18.0. The molecule has 0 bridgehead atoms. The summed E-state index contributed by atoms with van der Waals surface area (Å²) < 4.78 is 36.3. The van der Waals surface area contributed by atoms with Crippen molar-refractivity contribution in [1.29, 1.82) is 0 Å². The van der Waals surface area contributed by atoms with Crippen LogP contribution in [0.4, 0.5) is 13.2 Å². The second-order valence-corrected chi connectivity index (χ2v) is 6.49. The van der Waals surface area contributed by atoms with E-state index >= 15 is 0 Å². The quantitative estimate of drug-likeness (QED) is 0.695. The van der Waals surface area contributed by atoms with E-state index in [-0.39, 0.29) is 40.5 Å². The Kier molecular flexibility index (Phi) is 15.0. The van der Waals surface area contributed by atoms with E-state index in [1.54, 1.807) is 0 Å². The average Bonchev–Trinajstić information content (AvgIpc) is 2.56. The molecule has 0 saturated carbocycles. The van der Waals surface area contributed by atoms with Gasteiger partial charge in [-0.3, -0.25) is 4.79 Å². The topological polar surface area (TPSA) is 72.8 Å². The van der Waals surface area contributed by atoms with Gasteiger partial charge in [0, 0.05) is 26.3 Å². The molecular formula is C18H37F3N2O3. The molecule has 2 rings (SSSR count). The molecule has 2 aliphatic heterocycles. The van der Waals surface area contributed by atoms with Crippen LogP contribution in [0.25, 0.3) is 0 Å². The molecule has 0 aromatic carbocycles. The maximum absolute atomic E-state index is 12.1. The van der Waals surface area contributed by atoms with Crippen LogP contribution in [0.2, 0.25) is 0 Å². The van der Waals surface area contributed by atoms with Crippen LogP contribution in [0.3, 0.4) is 0 Å². The van der Waals surface area contributed by atoms with Gasteiger partial charge in [-0.05, 0) is 63.5 Å². The van der Waals surface area contributed by atoms with E-state index in [4.69, 9.17) is 10.2 Å². The number of halogens is 3. The van der Waals surface area contributed by atoms with E-state index in [9.17, 15) is 18.0 Å². The Morgan fingerprint density at radius 1 is 1.04 bits per heavy atom. The summed E-state index contributed by atoms with van der Waals surface area (Å²) in [6.45, 7) is 2.87. The van der Waals surface area contributed by atoms with E-state index in [0.29, 0.717) is 19.4 Å². The fraction of sp³-hybridized carbons (Fsp3) is 0.944. The lowest BCUT2D eigenvalue weighted by Gasteiger charge is -2.32. The maximum Gasteiger partial charge on any atom is 0.471 e. The van der Waals surface area contributed by atoms with E-state index < -0.39 is 12.1 Å². The molecule has 0 aromatic heterocycles. The van der Waals surface area contributed by atoms with Crippen LogP contribution >= 0.6 is 0 Å². The molecular weight excluding hydrogens is 349 g/mol. The number of carbonyl (C=O) groups is 1. The summed E-state index contributed by atoms with van der Waals surface area (Å²) in [5.74, 6) is -1.02. The van der Waals surface area contributed by atoms with Crippen molar-refractivity contribution in [2.24, 2.45) is 11.8 Å². The molecule has 158 valence electrons. The number of carbonyl (C=O) groups excluding carboxylic acids is 1. The van der Waals surface area contributed by atoms with E-state index in [0.717, 1.165) is 30.2 Å². The zero-order valence-corrected chi connectivity index (χ0v) is 14.0. The standard InChI is InChI=1S/C9H14F3NO2.C7H15NO.2CH4/c10-9(11,12)8(15)13-4-1-2-7(6-13)3-5-14;9-5-3-7-2-1-4-8-6-7;;/h7,14H,1-6H2;7-9H,1-6H2;2*1H4/t2*7-;;/m00../s1. The molecule has 2 aliphatic rings. The monoisotopic (exact) mass is 386 g/mol. The molecule has 5 nitrogen and oxygen atoms in total. The van der Waals surface area contributed by atoms with Crippen molar-refractivity contribution in [3.05, 3.63) is 0 Å². The van der Waals surface area contributed by atoms with E-state index in [1.807, 2.05) is 0 Å². The number of nitrogens with one attached hydrogen (secondary N) is 1. The molecule has 0 spiro atoms. The number of hydrogen-bond acceptors (Lipinski definition) is 4. The van der Waals surface area contributed by atoms with Gasteiger partial charge in [0.1, 0.15) is 0 Å². The molecule has 0 aliphatic carbocycles. The number of alkyl halides is 3. The lowest BCUT2D eigenvalue weighted by atomic mass is 9.95. The Morgan fingerprint density at radius 2 is 1.62 bits per heavy atom. The number of piperidine rings is 2. The number of amides is 1. The maximum atomic E-state index is 12.1. The van der Waals surface area contributed by atoms with Gasteiger partial charge < -0.3 is 20.4 Å². The zero-order valence-electron chi connectivity index (χ0n) is 14.0. The molecule has 3 N–H and O–H groups in total. The summed E-state index contributed by atoms with van der Waals surface area (Å²) in [5, 5.41) is 20.6. The minimum atomic E-state index is -4.78. The number of nitrogens with zero attached hydrogens (tertiary/aromatic N) is 1. The molecule has 2 atom stereocenters. The molecule has 0 unspecified atom stereocenters. The van der Waals surface area contributed by atoms with Gasteiger partial charge in [-0.2, -0.15) is 13.2 Å². The van der Waals surface area contributed by atoms with Crippen LogP contribution in [-0.4, -0.2) is 66.6 Å². The molecule has 0 aromatic rings. The van der Waals surface area contributed by atoms with Crippen molar-refractivity contribution >= 4 is 5.91 Å². The lowest BCUT2D eigenvalue weighted by Crippen LogP contribution is -2.46. The molecule has 2 heterocycles. The highest BCUT2D eigenvalue weighted by atomic mass is 19.4. The summed E-state index contributed by atoms with van der Waals surface area (Å²) in [6.07, 6.45) is 0.600. The fourth-order valence-corrected chi connectivity index (χ4v) is 3.20. The first-order chi connectivity index (χ1) is 11.4.